The van der Waals surface area contributed by atoms with Crippen LogP contribution in [0.1, 0.15) is 50.3 Å². The Morgan fingerprint density at radius 3 is 2.78 bits per heavy atom. The number of aromatic nitrogens is 1. The summed E-state index contributed by atoms with van der Waals surface area (Å²) in [6, 6.07) is 3.53. The van der Waals surface area contributed by atoms with Crippen molar-refractivity contribution in [1.29, 1.82) is 0 Å². The number of nitrogens with zero attached hydrogens (tertiary/aromatic N) is 2. The molecule has 2 aromatic heterocycles. The fourth-order valence-electron chi connectivity index (χ4n) is 4.04. The molecule has 170 valence electrons. The largest absolute Gasteiger partial charge is 0.351 e. The second kappa shape index (κ2) is 9.37. The molecule has 0 bridgehead atoms. The summed E-state index contributed by atoms with van der Waals surface area (Å²) in [6.45, 7) is 2.19. The molecule has 3 N–H and O–H groups in total. The molecule has 5 amide bonds. The van der Waals surface area contributed by atoms with Crippen LogP contribution in [0, 0.1) is 0 Å². The summed E-state index contributed by atoms with van der Waals surface area (Å²) in [5.41, 5.74) is 0.0611. The molecule has 0 radical (unpaired) electrons. The highest BCUT2D eigenvalue weighted by Crippen LogP contribution is 2.35. The lowest BCUT2D eigenvalue weighted by molar-refractivity contribution is -0.131. The average molecular weight is 476 g/mol. The van der Waals surface area contributed by atoms with E-state index in [9.17, 15) is 19.2 Å². The second-order valence-corrected chi connectivity index (χ2v) is 10.1. The fraction of sp³-hybridized carbons (Fsp3) is 0.476. The number of urea groups is 1. The second-order valence-electron chi connectivity index (χ2n) is 8.04. The van der Waals surface area contributed by atoms with E-state index < -0.39 is 5.54 Å². The quantitative estimate of drug-likeness (QED) is 0.507. The number of anilines is 1. The zero-order valence-electron chi connectivity index (χ0n) is 17.7. The van der Waals surface area contributed by atoms with Crippen molar-refractivity contribution >= 4 is 51.6 Å². The molecule has 11 heteroatoms. The predicted octanol–water partition coefficient (Wildman–Crippen LogP) is 3.09. The van der Waals surface area contributed by atoms with Gasteiger partial charge in [0.15, 0.2) is 5.13 Å². The number of imide groups is 1. The van der Waals surface area contributed by atoms with Gasteiger partial charge in [0, 0.05) is 30.1 Å². The van der Waals surface area contributed by atoms with Gasteiger partial charge < -0.3 is 16.0 Å². The molecule has 4 rings (SSSR count). The summed E-state index contributed by atoms with van der Waals surface area (Å²) in [4.78, 5) is 55.9. The van der Waals surface area contributed by atoms with Crippen molar-refractivity contribution in [2.24, 2.45) is 0 Å². The van der Waals surface area contributed by atoms with E-state index in [1.807, 2.05) is 17.5 Å². The van der Waals surface area contributed by atoms with Crippen LogP contribution >= 0.6 is 22.7 Å². The van der Waals surface area contributed by atoms with E-state index in [1.54, 1.807) is 0 Å². The number of rotatable bonds is 8. The zero-order valence-corrected chi connectivity index (χ0v) is 19.4. The molecule has 0 aromatic carbocycles. The first-order valence-electron chi connectivity index (χ1n) is 10.6. The van der Waals surface area contributed by atoms with Gasteiger partial charge in [-0.1, -0.05) is 12.8 Å². The minimum absolute atomic E-state index is 0.0774. The number of carbonyl (C=O) groups is 4. The lowest BCUT2D eigenvalue weighted by Crippen LogP contribution is -2.44. The Kier molecular flexibility index (Phi) is 6.56. The van der Waals surface area contributed by atoms with Gasteiger partial charge in [0.25, 0.3) is 5.91 Å². The molecule has 9 nitrogen and oxygen atoms in total. The summed E-state index contributed by atoms with van der Waals surface area (Å²) in [5.74, 6) is -0.434. The topological polar surface area (TPSA) is 121 Å². The van der Waals surface area contributed by atoms with Crippen LogP contribution in [0.15, 0.2) is 17.5 Å². The molecule has 2 aliphatic rings. The molecule has 0 atom stereocenters. The number of carbonyl (C=O) groups excluding carboxylic acids is 4. The van der Waals surface area contributed by atoms with Crippen LogP contribution < -0.4 is 16.0 Å². The fourth-order valence-corrected chi connectivity index (χ4v) is 5.75. The highest BCUT2D eigenvalue weighted by molar-refractivity contribution is 7.17. The molecule has 32 heavy (non-hydrogen) atoms. The molecule has 2 fully saturated rings. The lowest BCUT2D eigenvalue weighted by atomic mass is 9.98. The average Bonchev–Trinajstić information content (AvgIpc) is 3.52. The first-order chi connectivity index (χ1) is 15.4. The van der Waals surface area contributed by atoms with Gasteiger partial charge in [-0.25, -0.2) is 9.78 Å². The van der Waals surface area contributed by atoms with Crippen LogP contribution in [0.3, 0.4) is 0 Å². The Hall–Kier alpha value is -2.79. The highest BCUT2D eigenvalue weighted by atomic mass is 32.1. The lowest BCUT2D eigenvalue weighted by Gasteiger charge is -2.19. The van der Waals surface area contributed by atoms with E-state index in [-0.39, 0.29) is 36.7 Å². The van der Waals surface area contributed by atoms with Crippen LogP contribution in [0.5, 0.6) is 0 Å². The molecule has 1 aliphatic carbocycles. The number of nitrogens with one attached hydrogen (secondary N) is 3. The van der Waals surface area contributed by atoms with Crippen molar-refractivity contribution in [3.8, 4) is 10.6 Å². The van der Waals surface area contributed by atoms with Crippen molar-refractivity contribution < 1.29 is 19.2 Å². The van der Waals surface area contributed by atoms with Gasteiger partial charge in [-0.2, -0.15) is 0 Å². The van der Waals surface area contributed by atoms with E-state index in [1.165, 1.54) is 34.5 Å². The van der Waals surface area contributed by atoms with Crippen molar-refractivity contribution in [3.63, 3.8) is 0 Å². The Morgan fingerprint density at radius 1 is 1.25 bits per heavy atom. The van der Waals surface area contributed by atoms with Crippen LogP contribution in [0.2, 0.25) is 0 Å². The SMILES string of the molecule is CC(=O)NCc1ccc(-c2csc(NC(=O)CCCN3C(=O)NC4(CCCC4)C3=O)n2)s1. The minimum atomic E-state index is -0.708. The monoisotopic (exact) mass is 475 g/mol. The molecule has 1 saturated heterocycles. The number of amides is 5. The maximum Gasteiger partial charge on any atom is 0.325 e. The molecular weight excluding hydrogens is 450 g/mol. The number of thiazole rings is 1. The summed E-state index contributed by atoms with van der Waals surface area (Å²) >= 11 is 2.88. The normalized spacial score (nSPS) is 17.1. The third-order valence-corrected chi connectivity index (χ3v) is 7.53. The summed E-state index contributed by atoms with van der Waals surface area (Å²) in [7, 11) is 0. The highest BCUT2D eigenvalue weighted by Gasteiger charge is 2.52. The Bertz CT molecular complexity index is 1040. The van der Waals surface area contributed by atoms with E-state index >= 15 is 0 Å². The third-order valence-electron chi connectivity index (χ3n) is 5.66. The molecular formula is C21H25N5O4S2. The summed E-state index contributed by atoms with van der Waals surface area (Å²) in [5, 5.41) is 10.8. The first kappa shape index (κ1) is 22.4. The van der Waals surface area contributed by atoms with Crippen molar-refractivity contribution in [3.05, 3.63) is 22.4 Å². The molecule has 3 heterocycles. The molecule has 1 saturated carbocycles. The van der Waals surface area contributed by atoms with Gasteiger partial charge in [0.1, 0.15) is 5.54 Å². The number of hydrogen-bond acceptors (Lipinski definition) is 7. The van der Waals surface area contributed by atoms with Crippen LogP contribution in [-0.4, -0.2) is 45.7 Å². The van der Waals surface area contributed by atoms with Crippen LogP contribution in [0.25, 0.3) is 10.6 Å². The minimum Gasteiger partial charge on any atom is -0.351 e. The molecule has 1 aliphatic heterocycles. The van der Waals surface area contributed by atoms with Crippen molar-refractivity contribution in [1.82, 2.24) is 20.5 Å². The molecule has 1 spiro atoms. The number of thiophene rings is 1. The van der Waals surface area contributed by atoms with E-state index in [0.29, 0.717) is 30.9 Å². The smallest absolute Gasteiger partial charge is 0.325 e. The summed E-state index contributed by atoms with van der Waals surface area (Å²) in [6.07, 6.45) is 3.87. The van der Waals surface area contributed by atoms with Gasteiger partial charge in [-0.05, 0) is 31.4 Å². The van der Waals surface area contributed by atoms with Gasteiger partial charge in [-0.15, -0.1) is 22.7 Å². The molecule has 0 unspecified atom stereocenters. The van der Waals surface area contributed by atoms with E-state index in [2.05, 4.69) is 20.9 Å². The predicted molar refractivity (Wildman–Crippen MR) is 122 cm³/mol. The zero-order chi connectivity index (χ0) is 22.7. The summed E-state index contributed by atoms with van der Waals surface area (Å²) < 4.78 is 0. The first-order valence-corrected chi connectivity index (χ1v) is 12.3. The molecule has 2 aromatic rings. The van der Waals surface area contributed by atoms with Crippen LogP contribution in [0.4, 0.5) is 9.93 Å². The van der Waals surface area contributed by atoms with Crippen molar-refractivity contribution in [2.45, 2.75) is 57.5 Å². The Labute approximate surface area is 193 Å². The Morgan fingerprint density at radius 2 is 2.03 bits per heavy atom. The van der Waals surface area contributed by atoms with Crippen molar-refractivity contribution in [2.75, 3.05) is 11.9 Å². The van der Waals surface area contributed by atoms with Gasteiger partial charge >= 0.3 is 6.03 Å². The van der Waals surface area contributed by atoms with Gasteiger partial charge in [0.2, 0.25) is 11.8 Å². The van der Waals surface area contributed by atoms with Gasteiger partial charge in [-0.3, -0.25) is 19.3 Å². The van der Waals surface area contributed by atoms with E-state index in [4.69, 9.17) is 0 Å². The number of hydrogen-bond donors (Lipinski definition) is 3. The Balaban J connectivity index is 1.25. The van der Waals surface area contributed by atoms with E-state index in [0.717, 1.165) is 28.3 Å². The van der Waals surface area contributed by atoms with Gasteiger partial charge in [0.05, 0.1) is 17.1 Å². The third kappa shape index (κ3) is 4.83. The van der Waals surface area contributed by atoms with Crippen LogP contribution in [-0.2, 0) is 20.9 Å². The maximum absolute atomic E-state index is 12.6. The maximum atomic E-state index is 12.6. The standard InChI is InChI=1S/C21H25N5O4S2/c1-13(27)22-11-14-6-7-16(32-14)15-12-31-19(23-15)24-17(28)5-4-10-26-18(29)21(25-20(26)30)8-2-3-9-21/h6-7,12H,2-5,8-11H2,1H3,(H,22,27)(H,25,30)(H,23,24,28).